The van der Waals surface area contributed by atoms with Crippen LogP contribution in [-0.4, -0.2) is 44.2 Å². The van der Waals surface area contributed by atoms with E-state index in [1.165, 1.54) is 69.5 Å². The van der Waals surface area contributed by atoms with E-state index in [1.54, 1.807) is 0 Å². The van der Waals surface area contributed by atoms with Gasteiger partial charge in [-0.1, -0.05) is 31.9 Å². The number of piperazine rings is 1. The summed E-state index contributed by atoms with van der Waals surface area (Å²) < 4.78 is 0. The Balaban J connectivity index is 0.00000144. The minimum atomic E-state index is 0. The molecule has 2 aliphatic heterocycles. The lowest BCUT2D eigenvalue weighted by atomic mass is 9.98. The second kappa shape index (κ2) is 11.2. The van der Waals surface area contributed by atoms with Crippen molar-refractivity contribution in [2.45, 2.75) is 45.1 Å². The molecule has 0 aromatic heterocycles. The highest BCUT2D eigenvalue weighted by molar-refractivity contribution is 5.85. The molecular weight excluding hydrogens is 341 g/mol. The van der Waals surface area contributed by atoms with E-state index in [9.17, 15) is 0 Å². The van der Waals surface area contributed by atoms with Gasteiger partial charge in [0, 0.05) is 51.0 Å². The molecule has 0 aliphatic carbocycles. The summed E-state index contributed by atoms with van der Waals surface area (Å²) in [6.07, 6.45) is 6.60. The van der Waals surface area contributed by atoms with Gasteiger partial charge < -0.3 is 10.2 Å². The second-order valence-electron chi connectivity index (χ2n) is 6.73. The fourth-order valence-corrected chi connectivity index (χ4v) is 3.83. The van der Waals surface area contributed by atoms with E-state index in [4.69, 9.17) is 0 Å². The van der Waals surface area contributed by atoms with Crippen molar-refractivity contribution < 1.29 is 0 Å². The smallest absolute Gasteiger partial charge is 0.0366 e. The number of hydrogen-bond donors (Lipinski definition) is 1. The molecule has 1 aromatic carbocycles. The van der Waals surface area contributed by atoms with E-state index in [0.717, 1.165) is 13.1 Å². The van der Waals surface area contributed by atoms with Gasteiger partial charge in [-0.25, -0.2) is 0 Å². The molecule has 3 rings (SSSR count). The number of nitrogens with one attached hydrogen (secondary N) is 1. The molecule has 3 nitrogen and oxygen atoms in total. The molecule has 0 bridgehead atoms. The maximum absolute atomic E-state index is 3.48. The maximum atomic E-state index is 3.48. The number of hydrogen-bond acceptors (Lipinski definition) is 3. The number of nitrogens with zero attached hydrogens (tertiary/aromatic N) is 2. The number of rotatable bonds is 6. The third kappa shape index (κ3) is 5.52. The SMILES string of the molecule is CCCC[C@@H](c1ccc(N2CCCC2)cc1)N1CCNCC1.Cl.Cl. The molecule has 0 amide bonds. The van der Waals surface area contributed by atoms with Gasteiger partial charge in [0.1, 0.15) is 0 Å². The van der Waals surface area contributed by atoms with Gasteiger partial charge >= 0.3 is 0 Å². The lowest BCUT2D eigenvalue weighted by Crippen LogP contribution is -2.45. The van der Waals surface area contributed by atoms with Crippen LogP contribution in [0.4, 0.5) is 5.69 Å². The van der Waals surface area contributed by atoms with Crippen molar-refractivity contribution in [1.82, 2.24) is 10.2 Å². The molecule has 2 saturated heterocycles. The quantitative estimate of drug-likeness (QED) is 0.802. The molecule has 2 fully saturated rings. The molecule has 24 heavy (non-hydrogen) atoms. The minimum Gasteiger partial charge on any atom is -0.372 e. The average molecular weight is 374 g/mol. The molecule has 2 heterocycles. The third-order valence-corrected chi connectivity index (χ3v) is 5.17. The first kappa shape index (κ1) is 21.6. The van der Waals surface area contributed by atoms with E-state index in [0.29, 0.717) is 6.04 Å². The van der Waals surface area contributed by atoms with Crippen molar-refractivity contribution in [3.05, 3.63) is 29.8 Å². The highest BCUT2D eigenvalue weighted by atomic mass is 35.5. The molecule has 0 radical (unpaired) electrons. The first-order valence-electron chi connectivity index (χ1n) is 9.18. The molecular formula is C19H33Cl2N3. The molecule has 2 aliphatic rings. The van der Waals surface area contributed by atoms with Crippen LogP contribution < -0.4 is 10.2 Å². The van der Waals surface area contributed by atoms with E-state index >= 15 is 0 Å². The Morgan fingerprint density at radius 1 is 0.958 bits per heavy atom. The Morgan fingerprint density at radius 3 is 2.17 bits per heavy atom. The van der Waals surface area contributed by atoms with Crippen LogP contribution in [0.15, 0.2) is 24.3 Å². The van der Waals surface area contributed by atoms with Gasteiger partial charge in [-0.05, 0) is 37.0 Å². The van der Waals surface area contributed by atoms with Crippen LogP contribution in [0.3, 0.4) is 0 Å². The van der Waals surface area contributed by atoms with Crippen molar-refractivity contribution in [1.29, 1.82) is 0 Å². The summed E-state index contributed by atoms with van der Waals surface area (Å²) >= 11 is 0. The molecule has 0 unspecified atom stereocenters. The highest BCUT2D eigenvalue weighted by Crippen LogP contribution is 2.29. The normalized spacial score (nSPS) is 19.5. The highest BCUT2D eigenvalue weighted by Gasteiger charge is 2.22. The maximum Gasteiger partial charge on any atom is 0.0366 e. The Bertz CT molecular complexity index is 440. The molecule has 1 atom stereocenters. The minimum absolute atomic E-state index is 0. The Morgan fingerprint density at radius 2 is 1.58 bits per heavy atom. The third-order valence-electron chi connectivity index (χ3n) is 5.17. The predicted octanol–water partition coefficient (Wildman–Crippen LogP) is 4.27. The molecule has 138 valence electrons. The van der Waals surface area contributed by atoms with Crippen LogP contribution in [-0.2, 0) is 0 Å². The zero-order chi connectivity index (χ0) is 15.2. The van der Waals surface area contributed by atoms with Crippen molar-refractivity contribution >= 4 is 30.5 Å². The summed E-state index contributed by atoms with van der Waals surface area (Å²) in [6, 6.07) is 10.1. The zero-order valence-electron chi connectivity index (χ0n) is 14.9. The lowest BCUT2D eigenvalue weighted by Gasteiger charge is -2.35. The first-order chi connectivity index (χ1) is 10.9. The number of anilines is 1. The Hall–Kier alpha value is -0.480. The summed E-state index contributed by atoms with van der Waals surface area (Å²) in [6.45, 7) is 9.39. The van der Waals surface area contributed by atoms with E-state index < -0.39 is 0 Å². The fourth-order valence-electron chi connectivity index (χ4n) is 3.83. The predicted molar refractivity (Wildman–Crippen MR) is 109 cm³/mol. The van der Waals surface area contributed by atoms with Gasteiger partial charge in [0.25, 0.3) is 0 Å². The van der Waals surface area contributed by atoms with E-state index in [-0.39, 0.29) is 24.8 Å². The summed E-state index contributed by atoms with van der Waals surface area (Å²) in [5.74, 6) is 0. The van der Waals surface area contributed by atoms with Gasteiger partial charge in [-0.15, -0.1) is 24.8 Å². The van der Waals surface area contributed by atoms with Gasteiger partial charge in [0.2, 0.25) is 0 Å². The molecule has 5 heteroatoms. The summed E-state index contributed by atoms with van der Waals surface area (Å²) in [5.41, 5.74) is 2.93. The zero-order valence-corrected chi connectivity index (χ0v) is 16.5. The van der Waals surface area contributed by atoms with Crippen molar-refractivity contribution in [3.63, 3.8) is 0 Å². The van der Waals surface area contributed by atoms with Crippen LogP contribution >= 0.6 is 24.8 Å². The van der Waals surface area contributed by atoms with Gasteiger partial charge in [0.05, 0.1) is 0 Å². The van der Waals surface area contributed by atoms with Crippen molar-refractivity contribution in [2.75, 3.05) is 44.2 Å². The van der Waals surface area contributed by atoms with Crippen LogP contribution in [0.25, 0.3) is 0 Å². The fraction of sp³-hybridized carbons (Fsp3) is 0.684. The molecule has 0 spiro atoms. The van der Waals surface area contributed by atoms with Gasteiger partial charge in [-0.3, -0.25) is 4.90 Å². The summed E-state index contributed by atoms with van der Waals surface area (Å²) in [7, 11) is 0. The topological polar surface area (TPSA) is 18.5 Å². The first-order valence-corrected chi connectivity index (χ1v) is 9.18. The molecule has 1 aromatic rings. The van der Waals surface area contributed by atoms with Crippen LogP contribution in [0.1, 0.15) is 50.6 Å². The Labute approximate surface area is 160 Å². The van der Waals surface area contributed by atoms with Crippen molar-refractivity contribution in [3.8, 4) is 0 Å². The van der Waals surface area contributed by atoms with E-state index in [2.05, 4.69) is 46.3 Å². The largest absolute Gasteiger partial charge is 0.372 e. The van der Waals surface area contributed by atoms with Crippen LogP contribution in [0.2, 0.25) is 0 Å². The average Bonchev–Trinajstić information content (AvgIpc) is 3.11. The number of benzene rings is 1. The summed E-state index contributed by atoms with van der Waals surface area (Å²) in [5, 5.41) is 3.48. The van der Waals surface area contributed by atoms with Crippen molar-refractivity contribution in [2.24, 2.45) is 0 Å². The van der Waals surface area contributed by atoms with Gasteiger partial charge in [0.15, 0.2) is 0 Å². The summed E-state index contributed by atoms with van der Waals surface area (Å²) in [4.78, 5) is 5.20. The van der Waals surface area contributed by atoms with E-state index in [1.807, 2.05) is 0 Å². The molecule has 0 saturated carbocycles. The van der Waals surface area contributed by atoms with Crippen LogP contribution in [0, 0.1) is 0 Å². The van der Waals surface area contributed by atoms with Gasteiger partial charge in [-0.2, -0.15) is 0 Å². The lowest BCUT2D eigenvalue weighted by molar-refractivity contribution is 0.163. The number of halogens is 2. The monoisotopic (exact) mass is 373 g/mol. The molecule has 1 N–H and O–H groups in total. The second-order valence-corrected chi connectivity index (χ2v) is 6.73. The Kier molecular flexibility index (Phi) is 10.1. The number of unbranched alkanes of at least 4 members (excludes halogenated alkanes) is 1. The standard InChI is InChI=1S/C19H31N3.2ClH/c1-2-3-6-19(22-15-11-20-12-16-22)17-7-9-18(10-8-17)21-13-4-5-14-21;;/h7-10,19-20H,2-6,11-16H2,1H3;2*1H/t19-;;/m0../s1. The van der Waals surface area contributed by atoms with Crippen LogP contribution in [0.5, 0.6) is 0 Å².